The summed E-state index contributed by atoms with van der Waals surface area (Å²) < 4.78 is 11.2. The van der Waals surface area contributed by atoms with E-state index in [1.54, 1.807) is 0 Å². The summed E-state index contributed by atoms with van der Waals surface area (Å²) in [5.41, 5.74) is 4.15. The van der Waals surface area contributed by atoms with Gasteiger partial charge >= 0.3 is 11.9 Å². The number of hydrogen-bond donors (Lipinski definition) is 0. The summed E-state index contributed by atoms with van der Waals surface area (Å²) in [7, 11) is 0. The molecule has 2 aromatic rings. The quantitative estimate of drug-likeness (QED) is 0.0829. The lowest BCUT2D eigenvalue weighted by Crippen LogP contribution is -2.29. The van der Waals surface area contributed by atoms with Crippen molar-refractivity contribution >= 4 is 11.9 Å². The third-order valence-corrected chi connectivity index (χ3v) is 8.12. The number of ether oxygens (including phenoxy) is 2. The lowest BCUT2D eigenvalue weighted by molar-refractivity contribution is -0.146. The first kappa shape index (κ1) is 37.5. The first-order valence-corrected chi connectivity index (χ1v) is 17.4. The fraction of sp³-hybridized carbons (Fsp3) is 0.632. The Labute approximate surface area is 268 Å². The Balaban J connectivity index is 1.74. The molecule has 0 aliphatic heterocycles. The van der Waals surface area contributed by atoms with Crippen LogP contribution in [0.1, 0.15) is 116 Å². The van der Waals surface area contributed by atoms with Gasteiger partial charge in [0.2, 0.25) is 0 Å². The van der Waals surface area contributed by atoms with E-state index in [4.69, 9.17) is 9.47 Å². The van der Waals surface area contributed by atoms with Gasteiger partial charge in [0.1, 0.15) is 13.2 Å². The van der Waals surface area contributed by atoms with Crippen LogP contribution >= 0.6 is 0 Å². The van der Waals surface area contributed by atoms with Gasteiger partial charge in [-0.15, -0.1) is 0 Å². The fourth-order valence-electron chi connectivity index (χ4n) is 5.16. The smallest absolute Gasteiger partial charge is 0.307 e. The molecule has 0 spiro atoms. The average molecular weight is 609 g/mol. The summed E-state index contributed by atoms with van der Waals surface area (Å²) in [4.78, 5) is 29.6. The molecule has 0 bridgehead atoms. The first-order valence-electron chi connectivity index (χ1n) is 17.4. The zero-order valence-electron chi connectivity index (χ0n) is 28.3. The Kier molecular flexibility index (Phi) is 20.2. The number of esters is 2. The molecule has 246 valence electrons. The normalized spacial score (nSPS) is 11.3. The molecule has 0 heterocycles. The largest absolute Gasteiger partial charge is 0.461 e. The van der Waals surface area contributed by atoms with E-state index in [0.29, 0.717) is 26.1 Å². The molecule has 0 radical (unpaired) electrons. The summed E-state index contributed by atoms with van der Waals surface area (Å²) >= 11 is 0. The van der Waals surface area contributed by atoms with Crippen LogP contribution < -0.4 is 0 Å². The molecule has 0 saturated carbocycles. The van der Waals surface area contributed by atoms with Crippen LogP contribution in [0.15, 0.2) is 48.5 Å². The maximum atomic E-state index is 12.4. The van der Waals surface area contributed by atoms with E-state index >= 15 is 0 Å². The van der Waals surface area contributed by atoms with Gasteiger partial charge in [-0.05, 0) is 74.1 Å². The van der Waals surface area contributed by atoms with Crippen LogP contribution in [0.4, 0.5) is 0 Å². The van der Waals surface area contributed by atoms with E-state index in [1.165, 1.54) is 64.2 Å². The highest BCUT2D eigenvalue weighted by molar-refractivity contribution is 5.70. The van der Waals surface area contributed by atoms with Gasteiger partial charge in [-0.3, -0.25) is 9.59 Å². The van der Waals surface area contributed by atoms with Gasteiger partial charge in [-0.2, -0.15) is 0 Å². The van der Waals surface area contributed by atoms with Crippen molar-refractivity contribution in [2.75, 3.05) is 39.3 Å². The number of benzene rings is 2. The number of carbonyl (C=O) groups excluding carboxylic acids is 2. The van der Waals surface area contributed by atoms with E-state index in [2.05, 4.69) is 61.8 Å². The van der Waals surface area contributed by atoms with Gasteiger partial charge in [0.25, 0.3) is 0 Å². The summed E-state index contributed by atoms with van der Waals surface area (Å²) in [5.74, 6) is -0.272. The lowest BCUT2D eigenvalue weighted by Gasteiger charge is -2.21. The molecule has 2 aromatic carbocycles. The van der Waals surface area contributed by atoms with Gasteiger partial charge in [-0.25, -0.2) is 0 Å². The molecule has 0 aromatic heterocycles. The van der Waals surface area contributed by atoms with Crippen LogP contribution in [0.25, 0.3) is 11.1 Å². The zero-order valence-corrected chi connectivity index (χ0v) is 28.3. The molecule has 0 fully saturated rings. The van der Waals surface area contributed by atoms with Gasteiger partial charge in [0, 0.05) is 13.1 Å². The Morgan fingerprint density at radius 1 is 0.477 bits per heavy atom. The maximum absolute atomic E-state index is 12.4. The standard InChI is InChI=1S/C38H60N2O4/c1-5-9-13-27-39(25-11-7-3)29-23-37(41)43-31-33-15-19-35(20-16-33)36-21-17-34(18-22-36)32-44-38(42)24-30-40(26-12-8-4)28-14-10-6-2/h15-22H,5-14,23-32H2,1-4H3. The highest BCUT2D eigenvalue weighted by Crippen LogP contribution is 2.21. The Bertz CT molecular complexity index is 939. The van der Waals surface area contributed by atoms with Crippen LogP contribution in [-0.2, 0) is 32.3 Å². The van der Waals surface area contributed by atoms with Crippen molar-refractivity contribution in [2.24, 2.45) is 0 Å². The highest BCUT2D eigenvalue weighted by Gasteiger charge is 2.11. The van der Waals surface area contributed by atoms with Crippen molar-refractivity contribution in [1.29, 1.82) is 0 Å². The molecule has 44 heavy (non-hydrogen) atoms. The SMILES string of the molecule is CCCCCN(CCCC)CCC(=O)OCc1ccc(-c2ccc(COC(=O)CCN(CCCC)CCCCC)cc2)cc1. The maximum Gasteiger partial charge on any atom is 0.307 e. The molecule has 0 saturated heterocycles. The lowest BCUT2D eigenvalue weighted by atomic mass is 10.0. The predicted molar refractivity (Wildman–Crippen MR) is 182 cm³/mol. The zero-order chi connectivity index (χ0) is 31.8. The molecule has 0 N–H and O–H groups in total. The van der Waals surface area contributed by atoms with Crippen LogP contribution in [0.5, 0.6) is 0 Å². The second-order valence-corrected chi connectivity index (χ2v) is 12.0. The number of carbonyl (C=O) groups is 2. The Hall–Kier alpha value is -2.70. The summed E-state index contributed by atoms with van der Waals surface area (Å²) in [6, 6.07) is 16.3. The molecular formula is C38H60N2O4. The van der Waals surface area contributed by atoms with Crippen LogP contribution in [0, 0.1) is 0 Å². The van der Waals surface area contributed by atoms with Crippen LogP contribution in [0.2, 0.25) is 0 Å². The van der Waals surface area contributed by atoms with Crippen molar-refractivity contribution in [1.82, 2.24) is 9.80 Å². The Morgan fingerprint density at radius 3 is 1.16 bits per heavy atom. The predicted octanol–water partition coefficient (Wildman–Crippen LogP) is 8.80. The average Bonchev–Trinajstić information content (AvgIpc) is 3.05. The number of nitrogens with zero attached hydrogens (tertiary/aromatic N) is 2. The monoisotopic (exact) mass is 608 g/mol. The van der Waals surface area contributed by atoms with E-state index < -0.39 is 0 Å². The molecule has 6 nitrogen and oxygen atoms in total. The van der Waals surface area contributed by atoms with Gasteiger partial charge in [0.05, 0.1) is 12.8 Å². The van der Waals surface area contributed by atoms with E-state index in [1.807, 2.05) is 24.3 Å². The molecule has 2 rings (SSSR count). The van der Waals surface area contributed by atoms with Crippen LogP contribution in [0.3, 0.4) is 0 Å². The van der Waals surface area contributed by atoms with Gasteiger partial charge in [0.15, 0.2) is 0 Å². The molecule has 0 atom stereocenters. The van der Waals surface area contributed by atoms with Crippen molar-refractivity contribution in [3.05, 3.63) is 59.7 Å². The van der Waals surface area contributed by atoms with Crippen molar-refractivity contribution < 1.29 is 19.1 Å². The van der Waals surface area contributed by atoms with E-state index in [0.717, 1.165) is 61.5 Å². The Morgan fingerprint density at radius 2 is 0.818 bits per heavy atom. The summed E-state index contributed by atoms with van der Waals surface area (Å²) in [6.45, 7) is 15.2. The molecule has 6 heteroatoms. The molecule has 0 unspecified atom stereocenters. The minimum absolute atomic E-state index is 0.136. The van der Waals surface area contributed by atoms with Crippen molar-refractivity contribution in [2.45, 2.75) is 118 Å². The first-order chi connectivity index (χ1) is 21.5. The molecule has 0 aliphatic carbocycles. The number of hydrogen-bond acceptors (Lipinski definition) is 6. The van der Waals surface area contributed by atoms with Crippen molar-refractivity contribution in [3.8, 4) is 11.1 Å². The highest BCUT2D eigenvalue weighted by atomic mass is 16.5. The minimum Gasteiger partial charge on any atom is -0.461 e. The third kappa shape index (κ3) is 16.4. The minimum atomic E-state index is -0.136. The summed E-state index contributed by atoms with van der Waals surface area (Å²) in [5, 5.41) is 0. The van der Waals surface area contributed by atoms with E-state index in [9.17, 15) is 9.59 Å². The second kappa shape index (κ2) is 23.7. The number of rotatable bonds is 25. The topological polar surface area (TPSA) is 59.1 Å². The van der Waals surface area contributed by atoms with Crippen molar-refractivity contribution in [3.63, 3.8) is 0 Å². The van der Waals surface area contributed by atoms with Gasteiger partial charge in [-0.1, -0.05) is 115 Å². The third-order valence-electron chi connectivity index (χ3n) is 8.12. The van der Waals surface area contributed by atoms with Crippen LogP contribution in [-0.4, -0.2) is 61.0 Å². The molecule has 0 amide bonds. The van der Waals surface area contributed by atoms with E-state index in [-0.39, 0.29) is 11.9 Å². The molecule has 0 aliphatic rings. The second-order valence-electron chi connectivity index (χ2n) is 12.0. The molecular weight excluding hydrogens is 548 g/mol. The van der Waals surface area contributed by atoms with Gasteiger partial charge < -0.3 is 19.3 Å². The fourth-order valence-corrected chi connectivity index (χ4v) is 5.16. The summed E-state index contributed by atoms with van der Waals surface area (Å²) in [6.07, 6.45) is 12.8. The number of unbranched alkanes of at least 4 members (excludes halogenated alkanes) is 6.